The average molecular weight is 343 g/mol. The number of phenolic OH excluding ortho intramolecular Hbond substituents is 1. The molecule has 0 saturated carbocycles. The number of aromatic hydroxyl groups is 1. The topological polar surface area (TPSA) is 85.1 Å². The van der Waals surface area contributed by atoms with Crippen molar-refractivity contribution in [3.8, 4) is 5.75 Å². The molecule has 0 bridgehead atoms. The van der Waals surface area contributed by atoms with Crippen molar-refractivity contribution in [3.05, 3.63) is 36.2 Å². The Hall–Kier alpha value is -2.74. The van der Waals surface area contributed by atoms with Gasteiger partial charge in [0.2, 0.25) is 0 Å². The monoisotopic (exact) mass is 343 g/mol. The van der Waals surface area contributed by atoms with Crippen LogP contribution in [0, 0.1) is 13.0 Å². The van der Waals surface area contributed by atoms with Crippen molar-refractivity contribution >= 4 is 22.7 Å². The third kappa shape index (κ3) is 3.00. The molecule has 130 valence electrons. The fourth-order valence-electron chi connectivity index (χ4n) is 3.05. The zero-order valence-corrected chi connectivity index (χ0v) is 13.7. The minimum Gasteiger partial charge on any atom is -0.508 e. The number of ether oxygens (including phenoxy) is 1. The highest BCUT2D eigenvalue weighted by atomic mass is 19.1. The molecule has 2 aromatic heterocycles. The van der Waals surface area contributed by atoms with Gasteiger partial charge in [-0.3, -0.25) is 4.57 Å². The van der Waals surface area contributed by atoms with E-state index < -0.39 is 6.08 Å². The van der Waals surface area contributed by atoms with Crippen LogP contribution in [-0.4, -0.2) is 31.2 Å². The number of aryl methyl sites for hydroxylation is 1. The van der Waals surface area contributed by atoms with Gasteiger partial charge in [0.05, 0.1) is 6.33 Å². The van der Waals surface area contributed by atoms with Gasteiger partial charge in [-0.15, -0.1) is 0 Å². The molecular formula is C17H18FN5O2. The van der Waals surface area contributed by atoms with E-state index in [1.165, 1.54) is 0 Å². The molecule has 0 radical (unpaired) electrons. The van der Waals surface area contributed by atoms with Gasteiger partial charge in [0, 0.05) is 12.3 Å². The van der Waals surface area contributed by atoms with Crippen molar-refractivity contribution in [1.82, 2.24) is 19.5 Å². The third-order valence-corrected chi connectivity index (χ3v) is 4.32. The molecule has 3 aromatic rings. The summed E-state index contributed by atoms with van der Waals surface area (Å²) in [5.41, 5.74) is 2.39. The van der Waals surface area contributed by atoms with Gasteiger partial charge in [-0.25, -0.2) is 4.98 Å². The number of imidazole rings is 1. The lowest BCUT2D eigenvalue weighted by molar-refractivity contribution is -0.0298. The maximum Gasteiger partial charge on any atom is 0.312 e. The summed E-state index contributed by atoms with van der Waals surface area (Å²) in [4.78, 5) is 12.1. The largest absolute Gasteiger partial charge is 0.508 e. The molecule has 1 fully saturated rings. The summed E-state index contributed by atoms with van der Waals surface area (Å²) in [5, 5.41) is 12.6. The van der Waals surface area contributed by atoms with E-state index in [0.29, 0.717) is 23.5 Å². The second-order valence-corrected chi connectivity index (χ2v) is 6.11. The zero-order valence-electron chi connectivity index (χ0n) is 13.7. The summed E-state index contributed by atoms with van der Waals surface area (Å²) in [6, 6.07) is 4.88. The Morgan fingerprint density at radius 1 is 1.32 bits per heavy atom. The average Bonchev–Trinajstić information content (AvgIpc) is 3.02. The van der Waals surface area contributed by atoms with Crippen LogP contribution in [0.3, 0.4) is 0 Å². The van der Waals surface area contributed by atoms with E-state index in [-0.39, 0.29) is 17.8 Å². The first-order valence-corrected chi connectivity index (χ1v) is 8.20. The van der Waals surface area contributed by atoms with Crippen molar-refractivity contribution in [2.75, 3.05) is 11.9 Å². The highest BCUT2D eigenvalue weighted by Gasteiger charge is 2.21. The molecule has 7 nitrogen and oxygen atoms in total. The molecule has 3 heterocycles. The number of halogens is 1. The van der Waals surface area contributed by atoms with Gasteiger partial charge in [-0.05, 0) is 49.9 Å². The van der Waals surface area contributed by atoms with Crippen molar-refractivity contribution in [2.45, 2.75) is 32.4 Å². The van der Waals surface area contributed by atoms with E-state index >= 15 is 0 Å². The molecule has 0 spiro atoms. The molecule has 1 unspecified atom stereocenters. The number of fused-ring (bicyclic) bond motifs is 1. The molecule has 25 heavy (non-hydrogen) atoms. The highest BCUT2D eigenvalue weighted by molar-refractivity contribution is 5.85. The SMILES string of the molecule is Cc1cc(O)ccc1Nc1nc(F)nc2c1ncn2C1CCCCO1. The van der Waals surface area contributed by atoms with Crippen LogP contribution < -0.4 is 5.32 Å². The number of nitrogens with zero attached hydrogens (tertiary/aromatic N) is 4. The number of anilines is 2. The van der Waals surface area contributed by atoms with Crippen molar-refractivity contribution < 1.29 is 14.2 Å². The first-order chi connectivity index (χ1) is 12.1. The Morgan fingerprint density at radius 3 is 2.96 bits per heavy atom. The summed E-state index contributed by atoms with van der Waals surface area (Å²) >= 11 is 0. The second kappa shape index (κ2) is 6.29. The zero-order chi connectivity index (χ0) is 17.4. The van der Waals surface area contributed by atoms with Crippen LogP contribution in [0.4, 0.5) is 15.9 Å². The quantitative estimate of drug-likeness (QED) is 0.560. The maximum absolute atomic E-state index is 14.0. The van der Waals surface area contributed by atoms with Crippen LogP contribution in [0.5, 0.6) is 5.75 Å². The first-order valence-electron chi connectivity index (χ1n) is 8.20. The fraction of sp³-hybridized carbons (Fsp3) is 0.353. The minimum absolute atomic E-state index is 0.167. The van der Waals surface area contributed by atoms with E-state index in [0.717, 1.165) is 24.8 Å². The van der Waals surface area contributed by atoms with E-state index in [9.17, 15) is 9.50 Å². The molecule has 1 aliphatic heterocycles. The molecule has 1 aromatic carbocycles. The summed E-state index contributed by atoms with van der Waals surface area (Å²) in [5.74, 6) is 0.451. The number of phenols is 1. The fourth-order valence-corrected chi connectivity index (χ4v) is 3.05. The van der Waals surface area contributed by atoms with Gasteiger partial charge < -0.3 is 15.2 Å². The molecule has 1 aliphatic rings. The van der Waals surface area contributed by atoms with Crippen LogP contribution in [0.25, 0.3) is 11.2 Å². The second-order valence-electron chi connectivity index (χ2n) is 6.11. The molecule has 0 aliphatic carbocycles. The summed E-state index contributed by atoms with van der Waals surface area (Å²) < 4.78 is 21.5. The lowest BCUT2D eigenvalue weighted by Crippen LogP contribution is -2.18. The smallest absolute Gasteiger partial charge is 0.312 e. The Balaban J connectivity index is 1.75. The Morgan fingerprint density at radius 2 is 2.20 bits per heavy atom. The summed E-state index contributed by atoms with van der Waals surface area (Å²) in [7, 11) is 0. The standard InChI is InChI=1S/C17H18FN5O2/c1-10-8-11(24)5-6-12(10)20-15-14-16(22-17(18)21-15)23(9-19-14)13-4-2-3-7-25-13/h5-6,8-9,13,24H,2-4,7H2,1H3,(H,20,21,22). The van der Waals surface area contributed by atoms with Gasteiger partial charge in [0.1, 0.15) is 12.0 Å². The Labute approximate surface area is 143 Å². The number of hydrogen-bond acceptors (Lipinski definition) is 6. The van der Waals surface area contributed by atoms with Crippen LogP contribution in [0.2, 0.25) is 0 Å². The molecule has 8 heteroatoms. The van der Waals surface area contributed by atoms with Gasteiger partial charge in [-0.1, -0.05) is 0 Å². The summed E-state index contributed by atoms with van der Waals surface area (Å²) in [6.45, 7) is 2.51. The van der Waals surface area contributed by atoms with Crippen LogP contribution in [-0.2, 0) is 4.74 Å². The van der Waals surface area contributed by atoms with E-state index in [4.69, 9.17) is 4.74 Å². The van der Waals surface area contributed by atoms with Crippen molar-refractivity contribution in [1.29, 1.82) is 0 Å². The summed E-state index contributed by atoms with van der Waals surface area (Å²) in [6.07, 6.45) is 3.52. The molecule has 0 amide bonds. The molecular weight excluding hydrogens is 325 g/mol. The maximum atomic E-state index is 14.0. The van der Waals surface area contributed by atoms with Gasteiger partial charge in [0.25, 0.3) is 0 Å². The predicted molar refractivity (Wildman–Crippen MR) is 90.2 cm³/mol. The predicted octanol–water partition coefficient (Wildman–Crippen LogP) is 3.42. The van der Waals surface area contributed by atoms with Crippen molar-refractivity contribution in [2.24, 2.45) is 0 Å². The van der Waals surface area contributed by atoms with E-state index in [2.05, 4.69) is 20.3 Å². The molecule has 4 rings (SSSR count). The minimum atomic E-state index is -0.830. The van der Waals surface area contributed by atoms with Crippen LogP contribution in [0.15, 0.2) is 24.5 Å². The normalized spacial score (nSPS) is 17.8. The molecule has 1 atom stereocenters. The van der Waals surface area contributed by atoms with Crippen LogP contribution >= 0.6 is 0 Å². The Kier molecular flexibility index (Phi) is 3.96. The number of aromatic nitrogens is 4. The highest BCUT2D eigenvalue weighted by Crippen LogP contribution is 2.30. The van der Waals surface area contributed by atoms with Crippen molar-refractivity contribution in [3.63, 3.8) is 0 Å². The number of hydrogen-bond donors (Lipinski definition) is 2. The molecule has 2 N–H and O–H groups in total. The Bertz CT molecular complexity index is 921. The third-order valence-electron chi connectivity index (χ3n) is 4.32. The number of benzene rings is 1. The number of nitrogens with one attached hydrogen (secondary N) is 1. The van der Waals surface area contributed by atoms with Gasteiger partial charge in [-0.2, -0.15) is 14.4 Å². The molecule has 1 saturated heterocycles. The number of rotatable bonds is 3. The van der Waals surface area contributed by atoms with Crippen LogP contribution in [0.1, 0.15) is 31.1 Å². The van der Waals surface area contributed by atoms with Gasteiger partial charge in [0.15, 0.2) is 17.0 Å². The lowest BCUT2D eigenvalue weighted by atomic mass is 10.2. The van der Waals surface area contributed by atoms with E-state index in [1.807, 2.05) is 6.92 Å². The van der Waals surface area contributed by atoms with Gasteiger partial charge >= 0.3 is 6.08 Å². The lowest BCUT2D eigenvalue weighted by Gasteiger charge is -2.23. The first kappa shape index (κ1) is 15.8. The van der Waals surface area contributed by atoms with E-state index in [1.54, 1.807) is 29.1 Å².